The molecule has 9 nitrogen and oxygen atoms in total. The van der Waals surface area contributed by atoms with Gasteiger partial charge in [-0.1, -0.05) is 5.16 Å². The smallest absolute Gasteiger partial charge is 0.260 e. The van der Waals surface area contributed by atoms with E-state index < -0.39 is 10.0 Å². The van der Waals surface area contributed by atoms with E-state index in [1.807, 2.05) is 0 Å². The van der Waals surface area contributed by atoms with E-state index in [0.29, 0.717) is 29.8 Å². The van der Waals surface area contributed by atoms with Gasteiger partial charge >= 0.3 is 0 Å². The normalized spacial score (nSPS) is 17.2. The van der Waals surface area contributed by atoms with Crippen molar-refractivity contribution >= 4 is 15.9 Å². The summed E-state index contributed by atoms with van der Waals surface area (Å²) in [5.41, 5.74) is 0. The molecular formula is C19H23FN4O5S. The molecule has 0 spiro atoms. The molecule has 1 aliphatic carbocycles. The van der Waals surface area contributed by atoms with Gasteiger partial charge in [0.25, 0.3) is 5.91 Å². The third-order valence-corrected chi connectivity index (χ3v) is 6.52. The van der Waals surface area contributed by atoms with Gasteiger partial charge in [0.2, 0.25) is 15.9 Å². The van der Waals surface area contributed by atoms with Crippen LogP contribution in [0.3, 0.4) is 0 Å². The van der Waals surface area contributed by atoms with Gasteiger partial charge < -0.3 is 14.2 Å². The summed E-state index contributed by atoms with van der Waals surface area (Å²) < 4.78 is 49.3. The third kappa shape index (κ3) is 4.96. The zero-order valence-electron chi connectivity index (χ0n) is 16.5. The molecular weight excluding hydrogens is 415 g/mol. The van der Waals surface area contributed by atoms with Crippen molar-refractivity contribution in [3.8, 4) is 5.75 Å². The average molecular weight is 438 g/mol. The van der Waals surface area contributed by atoms with Crippen LogP contribution in [0.5, 0.6) is 5.75 Å². The Labute approximate surface area is 173 Å². The van der Waals surface area contributed by atoms with Crippen LogP contribution in [0.1, 0.15) is 30.5 Å². The summed E-state index contributed by atoms with van der Waals surface area (Å²) in [7, 11) is -3.46. The highest BCUT2D eigenvalue weighted by Crippen LogP contribution is 2.38. The number of nitrogens with zero attached hydrogens (tertiary/aromatic N) is 4. The highest BCUT2D eigenvalue weighted by molar-refractivity contribution is 7.88. The number of hydrogen-bond donors (Lipinski definition) is 0. The maximum atomic E-state index is 12.9. The molecule has 1 aromatic heterocycles. The van der Waals surface area contributed by atoms with Crippen molar-refractivity contribution < 1.29 is 26.9 Å². The molecule has 2 aromatic rings. The molecule has 11 heteroatoms. The van der Waals surface area contributed by atoms with Crippen LogP contribution < -0.4 is 4.74 Å². The van der Waals surface area contributed by atoms with Gasteiger partial charge in [-0.25, -0.2) is 12.8 Å². The topological polar surface area (TPSA) is 106 Å². The van der Waals surface area contributed by atoms with Crippen molar-refractivity contribution in [3.63, 3.8) is 0 Å². The number of sulfonamides is 1. The summed E-state index contributed by atoms with van der Waals surface area (Å²) in [4.78, 5) is 18.1. The number of hydrogen-bond acceptors (Lipinski definition) is 7. The maximum Gasteiger partial charge on any atom is 0.260 e. The molecule has 1 saturated carbocycles. The minimum atomic E-state index is -3.46. The van der Waals surface area contributed by atoms with E-state index in [4.69, 9.17) is 9.26 Å². The van der Waals surface area contributed by atoms with Crippen molar-refractivity contribution in [2.45, 2.75) is 31.2 Å². The van der Waals surface area contributed by atoms with E-state index in [1.165, 1.54) is 33.5 Å². The van der Waals surface area contributed by atoms with Gasteiger partial charge in [0.15, 0.2) is 12.4 Å². The number of amides is 1. The second kappa shape index (κ2) is 8.31. The molecule has 0 atom stereocenters. The molecule has 162 valence electrons. The molecule has 1 saturated heterocycles. The molecule has 1 aromatic carbocycles. The third-order valence-electron chi connectivity index (χ3n) is 5.19. The summed E-state index contributed by atoms with van der Waals surface area (Å²) >= 11 is 0. The lowest BCUT2D eigenvalue weighted by Gasteiger charge is -2.44. The zero-order valence-corrected chi connectivity index (χ0v) is 17.3. The standard InChI is InChI=1S/C19H23FN4O5S/c1-30(26,27)24(9-8-17-21-19(29-22-17)13-2-3-13)15-10-23(11-15)18(25)12-28-16-6-4-14(20)5-7-16/h4-7,13,15H,2-3,8-12H2,1H3. The minimum Gasteiger partial charge on any atom is -0.484 e. The summed E-state index contributed by atoms with van der Waals surface area (Å²) in [5, 5.41) is 3.92. The number of carbonyl (C=O) groups is 1. The molecule has 0 radical (unpaired) electrons. The first kappa shape index (κ1) is 20.7. The van der Waals surface area contributed by atoms with Crippen LogP contribution in [0.25, 0.3) is 0 Å². The molecule has 4 rings (SSSR count). The Morgan fingerprint density at radius 2 is 2.00 bits per heavy atom. The molecule has 2 aliphatic rings. The monoisotopic (exact) mass is 438 g/mol. The predicted octanol–water partition coefficient (Wildman–Crippen LogP) is 1.18. The van der Waals surface area contributed by atoms with Gasteiger partial charge in [0, 0.05) is 32.0 Å². The second-order valence-corrected chi connectivity index (χ2v) is 9.58. The van der Waals surface area contributed by atoms with Gasteiger partial charge in [-0.15, -0.1) is 0 Å². The minimum absolute atomic E-state index is 0.190. The number of benzene rings is 1. The van der Waals surface area contributed by atoms with E-state index in [-0.39, 0.29) is 44.0 Å². The molecule has 0 N–H and O–H groups in total. The van der Waals surface area contributed by atoms with Crippen LogP contribution in [0, 0.1) is 5.82 Å². The number of ether oxygens (including phenoxy) is 1. The summed E-state index contributed by atoms with van der Waals surface area (Å²) in [6.07, 6.45) is 3.60. The number of rotatable bonds is 9. The first-order valence-electron chi connectivity index (χ1n) is 9.75. The van der Waals surface area contributed by atoms with Crippen molar-refractivity contribution in [1.82, 2.24) is 19.3 Å². The zero-order chi connectivity index (χ0) is 21.3. The van der Waals surface area contributed by atoms with Crippen LogP contribution in [-0.2, 0) is 21.2 Å². The quantitative estimate of drug-likeness (QED) is 0.579. The highest BCUT2D eigenvalue weighted by atomic mass is 32.2. The van der Waals surface area contributed by atoms with E-state index in [1.54, 1.807) is 0 Å². The molecule has 1 aliphatic heterocycles. The van der Waals surface area contributed by atoms with Gasteiger partial charge in [-0.3, -0.25) is 4.79 Å². The Balaban J connectivity index is 1.27. The maximum absolute atomic E-state index is 12.9. The van der Waals surface area contributed by atoms with Crippen molar-refractivity contribution in [3.05, 3.63) is 41.8 Å². The lowest BCUT2D eigenvalue weighted by atomic mass is 10.1. The van der Waals surface area contributed by atoms with Crippen LogP contribution in [0.2, 0.25) is 0 Å². The largest absolute Gasteiger partial charge is 0.484 e. The summed E-state index contributed by atoms with van der Waals surface area (Å²) in [6.45, 7) is 0.613. The first-order valence-corrected chi connectivity index (χ1v) is 11.6. The molecule has 0 bridgehead atoms. The van der Waals surface area contributed by atoms with Crippen LogP contribution >= 0.6 is 0 Å². The van der Waals surface area contributed by atoms with Crippen LogP contribution in [-0.4, -0.2) is 72.2 Å². The number of halogens is 1. The Bertz CT molecular complexity index is 1000. The average Bonchev–Trinajstić information content (AvgIpc) is 3.40. The highest BCUT2D eigenvalue weighted by Gasteiger charge is 2.39. The van der Waals surface area contributed by atoms with Gasteiger partial charge in [0.1, 0.15) is 11.6 Å². The van der Waals surface area contributed by atoms with Crippen molar-refractivity contribution in [2.75, 3.05) is 32.5 Å². The Kier molecular flexibility index (Phi) is 5.74. The molecule has 1 amide bonds. The van der Waals surface area contributed by atoms with E-state index >= 15 is 0 Å². The van der Waals surface area contributed by atoms with E-state index in [2.05, 4.69) is 10.1 Å². The van der Waals surface area contributed by atoms with Gasteiger partial charge in [0.05, 0.1) is 12.3 Å². The van der Waals surface area contributed by atoms with E-state index in [0.717, 1.165) is 19.1 Å². The summed E-state index contributed by atoms with van der Waals surface area (Å²) in [5.74, 6) is 1.22. The molecule has 30 heavy (non-hydrogen) atoms. The van der Waals surface area contributed by atoms with Crippen molar-refractivity contribution in [2.24, 2.45) is 0 Å². The number of aromatic nitrogens is 2. The van der Waals surface area contributed by atoms with Crippen LogP contribution in [0.15, 0.2) is 28.8 Å². The van der Waals surface area contributed by atoms with Gasteiger partial charge in [-0.2, -0.15) is 9.29 Å². The SMILES string of the molecule is CS(=O)(=O)N(CCc1noc(C2CC2)n1)C1CN(C(=O)COc2ccc(F)cc2)C1. The fourth-order valence-corrected chi connectivity index (χ4v) is 4.40. The van der Waals surface area contributed by atoms with Crippen molar-refractivity contribution in [1.29, 1.82) is 0 Å². The first-order chi connectivity index (χ1) is 14.3. The fraction of sp³-hybridized carbons (Fsp3) is 0.526. The van der Waals surface area contributed by atoms with E-state index in [9.17, 15) is 17.6 Å². The van der Waals surface area contributed by atoms with Crippen LogP contribution in [0.4, 0.5) is 4.39 Å². The molecule has 0 unspecified atom stereocenters. The summed E-state index contributed by atoms with van der Waals surface area (Å²) in [6, 6.07) is 5.09. The Hall–Kier alpha value is -2.53. The second-order valence-electron chi connectivity index (χ2n) is 7.64. The Morgan fingerprint density at radius 1 is 1.30 bits per heavy atom. The molecule has 2 fully saturated rings. The lowest BCUT2D eigenvalue weighted by molar-refractivity contribution is -0.139. The predicted molar refractivity (Wildman–Crippen MR) is 104 cm³/mol. The molecule has 2 heterocycles. The number of carbonyl (C=O) groups excluding carboxylic acids is 1. The fourth-order valence-electron chi connectivity index (χ4n) is 3.30. The van der Waals surface area contributed by atoms with Gasteiger partial charge in [-0.05, 0) is 37.1 Å². The lowest BCUT2D eigenvalue weighted by Crippen LogP contribution is -2.63. The Morgan fingerprint density at radius 3 is 2.63 bits per heavy atom. The number of likely N-dealkylation sites (tertiary alicyclic amines) is 1.